The minimum Gasteiger partial charge on any atom is -0.507 e. The van der Waals surface area contributed by atoms with E-state index in [9.17, 15) is 14.7 Å². The molecule has 1 fully saturated rings. The molecule has 3 heterocycles. The second-order valence-corrected chi connectivity index (χ2v) is 10.2. The van der Waals surface area contributed by atoms with E-state index in [-0.39, 0.29) is 17.9 Å². The molecule has 2 aliphatic rings. The van der Waals surface area contributed by atoms with Gasteiger partial charge in [-0.25, -0.2) is 4.98 Å². The number of hydrogen-bond donors (Lipinski definition) is 1. The van der Waals surface area contributed by atoms with Crippen LogP contribution in [0.25, 0.3) is 5.76 Å². The van der Waals surface area contributed by atoms with Crippen molar-refractivity contribution in [2.75, 3.05) is 26.9 Å². The zero-order valence-electron chi connectivity index (χ0n) is 23.6. The minimum absolute atomic E-state index is 0.00989. The van der Waals surface area contributed by atoms with Crippen molar-refractivity contribution >= 4 is 17.4 Å². The maximum Gasteiger partial charge on any atom is 0.295 e. The van der Waals surface area contributed by atoms with Crippen molar-refractivity contribution in [3.63, 3.8) is 0 Å². The zero-order chi connectivity index (χ0) is 29.8. The van der Waals surface area contributed by atoms with Crippen LogP contribution in [-0.4, -0.2) is 58.1 Å². The van der Waals surface area contributed by atoms with E-state index in [1.807, 2.05) is 41.1 Å². The molecular formula is C33H31N3O7. The normalized spacial score (nSPS) is 17.2. The summed E-state index contributed by atoms with van der Waals surface area (Å²) < 4.78 is 24.9. The summed E-state index contributed by atoms with van der Waals surface area (Å²) in [6.07, 6.45) is 5.80. The lowest BCUT2D eigenvalue weighted by molar-refractivity contribution is -0.139. The second kappa shape index (κ2) is 12.3. The number of nitrogens with zero attached hydrogens (tertiary/aromatic N) is 3. The highest BCUT2D eigenvalue weighted by Crippen LogP contribution is 2.43. The molecular weight excluding hydrogens is 550 g/mol. The van der Waals surface area contributed by atoms with Gasteiger partial charge in [-0.05, 0) is 47.9 Å². The Labute approximate surface area is 248 Å². The molecule has 10 nitrogen and oxygen atoms in total. The Bertz CT molecular complexity index is 1650. The summed E-state index contributed by atoms with van der Waals surface area (Å²) in [4.78, 5) is 32.6. The van der Waals surface area contributed by atoms with Gasteiger partial charge in [-0.2, -0.15) is 0 Å². The maximum absolute atomic E-state index is 13.5. The van der Waals surface area contributed by atoms with Gasteiger partial charge in [0, 0.05) is 31.0 Å². The second-order valence-electron chi connectivity index (χ2n) is 10.2. The summed E-state index contributed by atoms with van der Waals surface area (Å²) in [5.41, 5.74) is 1.94. The number of carbonyl (C=O) groups excluding carboxylic acids is 2. The van der Waals surface area contributed by atoms with Crippen molar-refractivity contribution in [3.05, 3.63) is 108 Å². The van der Waals surface area contributed by atoms with Crippen LogP contribution in [0.2, 0.25) is 0 Å². The van der Waals surface area contributed by atoms with Crippen LogP contribution >= 0.6 is 0 Å². The number of imidazole rings is 1. The maximum atomic E-state index is 13.5. The monoisotopic (exact) mass is 581 g/mol. The van der Waals surface area contributed by atoms with Crippen LogP contribution < -0.4 is 18.9 Å². The predicted octanol–water partition coefficient (Wildman–Crippen LogP) is 4.75. The third-order valence-electron chi connectivity index (χ3n) is 7.47. The molecule has 220 valence electrons. The number of rotatable bonds is 10. The van der Waals surface area contributed by atoms with Crippen LogP contribution in [0, 0.1) is 0 Å². The summed E-state index contributed by atoms with van der Waals surface area (Å²) in [5, 5.41) is 11.5. The molecule has 4 aromatic rings. The van der Waals surface area contributed by atoms with Crippen LogP contribution in [0.3, 0.4) is 0 Å². The number of Topliss-reactive ketones (excluding diaryl/α,β-unsaturated/α-hetero) is 1. The largest absolute Gasteiger partial charge is 0.507 e. The molecule has 3 aromatic carbocycles. The molecule has 1 saturated heterocycles. The molecule has 0 saturated carbocycles. The topological polar surface area (TPSA) is 112 Å². The number of ketones is 1. The van der Waals surface area contributed by atoms with E-state index in [1.54, 1.807) is 48.9 Å². The van der Waals surface area contributed by atoms with E-state index < -0.39 is 17.7 Å². The number of likely N-dealkylation sites (tertiary alicyclic amines) is 1. The lowest BCUT2D eigenvalue weighted by Crippen LogP contribution is -2.31. The summed E-state index contributed by atoms with van der Waals surface area (Å²) in [7, 11) is 1.53. The third kappa shape index (κ3) is 5.76. The first-order valence-corrected chi connectivity index (χ1v) is 14.0. The van der Waals surface area contributed by atoms with Gasteiger partial charge in [0.05, 0.1) is 25.1 Å². The number of benzene rings is 3. The van der Waals surface area contributed by atoms with Crippen molar-refractivity contribution in [2.24, 2.45) is 0 Å². The number of aromatic nitrogens is 2. The summed E-state index contributed by atoms with van der Waals surface area (Å²) in [6.45, 7) is 2.02. The number of methoxy groups -OCH3 is 1. The van der Waals surface area contributed by atoms with Crippen molar-refractivity contribution in [2.45, 2.75) is 25.6 Å². The Morgan fingerprint density at radius 1 is 0.977 bits per heavy atom. The molecule has 0 spiro atoms. The van der Waals surface area contributed by atoms with Gasteiger partial charge < -0.3 is 33.5 Å². The molecule has 0 aliphatic carbocycles. The molecule has 0 radical (unpaired) electrons. The van der Waals surface area contributed by atoms with Gasteiger partial charge in [-0.15, -0.1) is 0 Å². The van der Waals surface area contributed by atoms with Crippen LogP contribution in [0.15, 0.2) is 91.0 Å². The first-order valence-electron chi connectivity index (χ1n) is 14.0. The standard InChI is InChI=1S/C33H31N3O7/c1-40-27-18-23(8-10-25(27)43-20-22-6-3-2-4-7-22)30-29(31(37)24-9-11-26-28(19-24)42-17-16-41-26)32(38)33(39)36(30)14-5-13-35-15-12-34-21-35/h2-4,6-12,15,18-19,21,30,37H,5,13-14,16-17,20H2,1H3/b31-29-. The van der Waals surface area contributed by atoms with Crippen LogP contribution in [0.5, 0.6) is 23.0 Å². The Morgan fingerprint density at radius 3 is 2.56 bits per heavy atom. The Hall–Kier alpha value is -5.25. The highest BCUT2D eigenvalue weighted by Gasteiger charge is 2.46. The molecule has 0 bridgehead atoms. The van der Waals surface area contributed by atoms with Crippen molar-refractivity contribution < 1.29 is 33.6 Å². The highest BCUT2D eigenvalue weighted by molar-refractivity contribution is 6.46. The number of ether oxygens (including phenoxy) is 4. The first-order chi connectivity index (χ1) is 21.0. The molecule has 1 aromatic heterocycles. The minimum atomic E-state index is -0.854. The van der Waals surface area contributed by atoms with Gasteiger partial charge in [-0.1, -0.05) is 36.4 Å². The van der Waals surface area contributed by atoms with E-state index in [0.717, 1.165) is 5.56 Å². The van der Waals surface area contributed by atoms with E-state index >= 15 is 0 Å². The van der Waals surface area contributed by atoms with Crippen molar-refractivity contribution in [3.8, 4) is 23.0 Å². The number of aryl methyl sites for hydroxylation is 1. The van der Waals surface area contributed by atoms with Crippen LogP contribution in [0.1, 0.15) is 29.2 Å². The van der Waals surface area contributed by atoms with Crippen LogP contribution in [0.4, 0.5) is 0 Å². The van der Waals surface area contributed by atoms with Crippen molar-refractivity contribution in [1.82, 2.24) is 14.5 Å². The Kier molecular flexibility index (Phi) is 7.99. The van der Waals surface area contributed by atoms with Gasteiger partial charge in [0.25, 0.3) is 11.7 Å². The Balaban J connectivity index is 1.36. The average molecular weight is 582 g/mol. The fourth-order valence-electron chi connectivity index (χ4n) is 5.35. The average Bonchev–Trinajstić information content (AvgIpc) is 3.66. The fourth-order valence-corrected chi connectivity index (χ4v) is 5.35. The predicted molar refractivity (Wildman–Crippen MR) is 157 cm³/mol. The van der Waals surface area contributed by atoms with Gasteiger partial charge in [0.2, 0.25) is 0 Å². The molecule has 1 atom stereocenters. The number of aliphatic hydroxyl groups excluding tert-OH is 1. The molecule has 1 N–H and O–H groups in total. The molecule has 1 amide bonds. The molecule has 2 aliphatic heterocycles. The van der Waals surface area contributed by atoms with E-state index in [1.165, 1.54) is 12.0 Å². The number of carbonyl (C=O) groups is 2. The van der Waals surface area contributed by atoms with Gasteiger partial charge in [0.1, 0.15) is 25.6 Å². The summed E-state index contributed by atoms with van der Waals surface area (Å²) >= 11 is 0. The van der Waals surface area contributed by atoms with Gasteiger partial charge >= 0.3 is 0 Å². The lowest BCUT2D eigenvalue weighted by Gasteiger charge is -2.26. The molecule has 6 rings (SSSR count). The molecule has 10 heteroatoms. The molecule has 1 unspecified atom stereocenters. The highest BCUT2D eigenvalue weighted by atomic mass is 16.6. The van der Waals surface area contributed by atoms with E-state index in [0.29, 0.717) is 66.9 Å². The SMILES string of the molecule is COc1cc(C2/C(=C(/O)c3ccc4c(c3)OCCO4)C(=O)C(=O)N2CCCn2ccnc2)ccc1OCc1ccccc1. The Morgan fingerprint density at radius 2 is 1.79 bits per heavy atom. The smallest absolute Gasteiger partial charge is 0.295 e. The van der Waals surface area contributed by atoms with E-state index in [4.69, 9.17) is 18.9 Å². The molecule has 43 heavy (non-hydrogen) atoms. The van der Waals surface area contributed by atoms with Gasteiger partial charge in [0.15, 0.2) is 23.0 Å². The summed E-state index contributed by atoms with van der Waals surface area (Å²) in [6, 6.07) is 19.1. The fraction of sp³-hybridized carbons (Fsp3) is 0.242. The lowest BCUT2D eigenvalue weighted by atomic mass is 9.94. The van der Waals surface area contributed by atoms with Gasteiger partial charge in [-0.3, -0.25) is 9.59 Å². The first kappa shape index (κ1) is 27.9. The zero-order valence-corrected chi connectivity index (χ0v) is 23.6. The van der Waals surface area contributed by atoms with E-state index in [2.05, 4.69) is 4.98 Å². The number of hydrogen-bond acceptors (Lipinski definition) is 8. The number of amides is 1. The van der Waals surface area contributed by atoms with Crippen LogP contribution in [-0.2, 0) is 22.7 Å². The third-order valence-corrected chi connectivity index (χ3v) is 7.47. The summed E-state index contributed by atoms with van der Waals surface area (Å²) in [5.74, 6) is 0.233. The number of fused-ring (bicyclic) bond motifs is 1. The number of aliphatic hydroxyl groups is 1. The quantitative estimate of drug-likeness (QED) is 0.162. The van der Waals surface area contributed by atoms with Crippen molar-refractivity contribution in [1.29, 1.82) is 0 Å².